The Bertz CT molecular complexity index is 2710. The van der Waals surface area contributed by atoms with Crippen LogP contribution in [0.5, 0.6) is 0 Å². The molecule has 0 spiro atoms. The summed E-state index contributed by atoms with van der Waals surface area (Å²) in [5.74, 6) is -2.35. The first-order valence-corrected chi connectivity index (χ1v) is 44.4. The maximum atomic E-state index is 13.1. The van der Waals surface area contributed by atoms with E-state index in [0.717, 1.165) is 167 Å². The summed E-state index contributed by atoms with van der Waals surface area (Å²) in [6.45, 7) is 4.52. The van der Waals surface area contributed by atoms with Gasteiger partial charge in [0.05, 0.1) is 26.4 Å². The van der Waals surface area contributed by atoms with Crippen molar-refractivity contribution < 1.29 is 80.2 Å². The molecule has 0 aromatic heterocycles. The summed E-state index contributed by atoms with van der Waals surface area (Å²) in [6, 6.07) is 0. The molecule has 614 valence electrons. The molecule has 19 heteroatoms. The Labute approximate surface area is 654 Å². The number of unbranched alkanes of at least 4 members (excludes halogenated alkanes) is 22. The standard InChI is InChI=1S/C89H146O17P2/c1-5-9-13-17-21-25-29-33-37-39-41-43-47-50-54-58-62-66-70-74-87(92)100-80-85(106-89(94)76-72-68-64-60-56-52-48-44-42-40-38-34-30-26-22-18-14-10-6-2)82-104-108(97,98)102-78-83(90)77-101-107(95,96)103-81-84(105-88(93)75-71-67-63-59-55-51-46-36-32-28-24-20-16-12-8-4)79-99-86(91)73-69-65-61-57-53-49-45-35-31-27-23-19-15-11-7-3/h9,13,21-28,33-38,41-46,50,52,54,56,64,68,83-85,90H,5-8,10-12,14-20,29-32,39-40,47-49,51,53,55,57-63,65-67,69-82H2,1-4H3,(H,95,96)(H,97,98)/b13-9-,25-21-,26-22-,27-23-,28-24-,37-33-,38-34-,43-41-,44-42-,45-35-,46-36-,54-50-,56-52-,68-64-/t83-,84+,85+/m0/s1. The number of aliphatic hydroxyl groups is 1. The first-order chi connectivity index (χ1) is 52.7. The van der Waals surface area contributed by atoms with Crippen molar-refractivity contribution in [1.82, 2.24) is 0 Å². The number of hydrogen-bond acceptors (Lipinski definition) is 15. The van der Waals surface area contributed by atoms with Gasteiger partial charge in [-0.2, -0.15) is 0 Å². The third-order valence-corrected chi connectivity index (χ3v) is 18.5. The summed E-state index contributed by atoms with van der Waals surface area (Å²) in [5, 5.41) is 10.7. The van der Waals surface area contributed by atoms with Gasteiger partial charge in [-0.25, -0.2) is 9.13 Å². The predicted octanol–water partition coefficient (Wildman–Crippen LogP) is 24.6. The van der Waals surface area contributed by atoms with Crippen LogP contribution in [0.2, 0.25) is 0 Å². The van der Waals surface area contributed by atoms with E-state index >= 15 is 0 Å². The molecule has 0 aliphatic carbocycles. The molecule has 0 rings (SSSR count). The van der Waals surface area contributed by atoms with E-state index in [1.54, 1.807) is 0 Å². The van der Waals surface area contributed by atoms with E-state index in [-0.39, 0.29) is 25.7 Å². The summed E-state index contributed by atoms with van der Waals surface area (Å²) >= 11 is 0. The van der Waals surface area contributed by atoms with Crippen molar-refractivity contribution in [3.63, 3.8) is 0 Å². The van der Waals surface area contributed by atoms with E-state index in [4.69, 9.17) is 37.0 Å². The van der Waals surface area contributed by atoms with Crippen molar-refractivity contribution in [3.05, 3.63) is 170 Å². The van der Waals surface area contributed by atoms with Crippen molar-refractivity contribution >= 4 is 39.5 Å². The van der Waals surface area contributed by atoms with Crippen LogP contribution in [0.15, 0.2) is 170 Å². The lowest BCUT2D eigenvalue weighted by atomic mass is 10.1. The third-order valence-electron chi connectivity index (χ3n) is 16.6. The van der Waals surface area contributed by atoms with Gasteiger partial charge in [0, 0.05) is 25.7 Å². The zero-order valence-electron chi connectivity index (χ0n) is 67.2. The Hall–Kier alpha value is -5.58. The summed E-state index contributed by atoms with van der Waals surface area (Å²) in [5.41, 5.74) is 0. The second-order valence-electron chi connectivity index (χ2n) is 27.0. The molecule has 17 nitrogen and oxygen atoms in total. The fourth-order valence-corrected chi connectivity index (χ4v) is 11.9. The molecule has 0 fully saturated rings. The molecule has 2 unspecified atom stereocenters. The molecule has 108 heavy (non-hydrogen) atoms. The van der Waals surface area contributed by atoms with Gasteiger partial charge in [0.15, 0.2) is 12.2 Å². The first-order valence-electron chi connectivity index (χ1n) is 41.4. The van der Waals surface area contributed by atoms with Crippen molar-refractivity contribution in [3.8, 4) is 0 Å². The summed E-state index contributed by atoms with van der Waals surface area (Å²) in [6.07, 6.45) is 94.8. The fraction of sp³-hybridized carbons (Fsp3) is 0.640. The van der Waals surface area contributed by atoms with Crippen LogP contribution < -0.4 is 0 Å². The molecule has 0 amide bonds. The average Bonchev–Trinajstić information content (AvgIpc) is 0.896. The van der Waals surface area contributed by atoms with E-state index < -0.39 is 97.5 Å². The number of ether oxygens (including phenoxy) is 4. The van der Waals surface area contributed by atoms with Gasteiger partial charge in [0.1, 0.15) is 19.3 Å². The highest BCUT2D eigenvalue weighted by atomic mass is 31.2. The lowest BCUT2D eigenvalue weighted by Gasteiger charge is -2.21. The topological polar surface area (TPSA) is 237 Å². The third kappa shape index (κ3) is 78.5. The van der Waals surface area contributed by atoms with E-state index in [1.165, 1.54) is 57.8 Å². The van der Waals surface area contributed by atoms with Crippen molar-refractivity contribution in [2.75, 3.05) is 39.6 Å². The molecule has 0 radical (unpaired) electrons. The van der Waals surface area contributed by atoms with Crippen LogP contribution in [0.1, 0.15) is 310 Å². The number of carbonyl (C=O) groups excluding carboxylic acids is 4. The highest BCUT2D eigenvalue weighted by molar-refractivity contribution is 7.47. The van der Waals surface area contributed by atoms with E-state index in [9.17, 15) is 43.2 Å². The van der Waals surface area contributed by atoms with Crippen LogP contribution in [-0.4, -0.2) is 96.7 Å². The maximum absolute atomic E-state index is 13.1. The minimum atomic E-state index is -5.02. The van der Waals surface area contributed by atoms with E-state index in [1.807, 2.05) is 18.2 Å². The number of esters is 4. The molecule has 0 bridgehead atoms. The van der Waals surface area contributed by atoms with Crippen molar-refractivity contribution in [1.29, 1.82) is 0 Å². The minimum Gasteiger partial charge on any atom is -0.462 e. The van der Waals surface area contributed by atoms with Crippen LogP contribution in [0.3, 0.4) is 0 Å². The number of phosphoric acid groups is 2. The first kappa shape index (κ1) is 102. The lowest BCUT2D eigenvalue weighted by Crippen LogP contribution is -2.30. The van der Waals surface area contributed by atoms with Crippen LogP contribution in [-0.2, 0) is 65.4 Å². The number of allylic oxidation sites excluding steroid dienone is 28. The van der Waals surface area contributed by atoms with Crippen LogP contribution in [0, 0.1) is 0 Å². The predicted molar refractivity (Wildman–Crippen MR) is 445 cm³/mol. The van der Waals surface area contributed by atoms with Crippen LogP contribution in [0.4, 0.5) is 0 Å². The number of carbonyl (C=O) groups is 4. The lowest BCUT2D eigenvalue weighted by molar-refractivity contribution is -0.161. The van der Waals surface area contributed by atoms with Gasteiger partial charge in [-0.1, -0.05) is 281 Å². The zero-order valence-corrected chi connectivity index (χ0v) is 69.0. The Morgan fingerprint density at radius 3 is 0.806 bits per heavy atom. The average molecular weight is 1550 g/mol. The van der Waals surface area contributed by atoms with Gasteiger partial charge >= 0.3 is 39.5 Å². The molecular weight excluding hydrogens is 1400 g/mol. The number of phosphoric ester groups is 2. The van der Waals surface area contributed by atoms with Gasteiger partial charge in [-0.05, 0) is 173 Å². The van der Waals surface area contributed by atoms with Gasteiger partial charge in [-0.15, -0.1) is 0 Å². The second-order valence-corrected chi connectivity index (χ2v) is 29.9. The van der Waals surface area contributed by atoms with Gasteiger partial charge in [-0.3, -0.25) is 37.3 Å². The second kappa shape index (κ2) is 79.5. The molecule has 0 heterocycles. The molecule has 0 aromatic carbocycles. The fourth-order valence-electron chi connectivity index (χ4n) is 10.3. The number of rotatable bonds is 76. The monoisotopic (exact) mass is 1550 g/mol. The number of hydrogen-bond donors (Lipinski definition) is 3. The highest BCUT2D eigenvalue weighted by Crippen LogP contribution is 2.45. The summed E-state index contributed by atoms with van der Waals surface area (Å²) in [4.78, 5) is 73.1. The molecule has 0 aromatic rings. The van der Waals surface area contributed by atoms with Gasteiger partial charge in [0.2, 0.25) is 0 Å². The van der Waals surface area contributed by atoms with Crippen molar-refractivity contribution in [2.24, 2.45) is 0 Å². The Morgan fingerprint density at radius 1 is 0.269 bits per heavy atom. The number of aliphatic hydroxyl groups excluding tert-OH is 1. The molecular formula is C89H146O17P2. The van der Waals surface area contributed by atoms with Crippen molar-refractivity contribution in [2.45, 2.75) is 329 Å². The minimum absolute atomic E-state index is 0.0429. The molecule has 3 N–H and O–H groups in total. The zero-order chi connectivity index (χ0) is 78.9. The van der Waals surface area contributed by atoms with Gasteiger partial charge in [0.25, 0.3) is 0 Å². The Morgan fingerprint density at radius 2 is 0.500 bits per heavy atom. The van der Waals surface area contributed by atoms with E-state index in [0.29, 0.717) is 32.1 Å². The molecule has 0 saturated heterocycles. The van der Waals surface area contributed by atoms with Crippen LogP contribution in [0.25, 0.3) is 0 Å². The Kier molecular flexibility index (Phi) is 75.4. The molecule has 0 aliphatic rings. The maximum Gasteiger partial charge on any atom is 0.472 e. The largest absolute Gasteiger partial charge is 0.472 e. The molecule has 5 atom stereocenters. The normalized spacial score (nSPS) is 14.7. The summed E-state index contributed by atoms with van der Waals surface area (Å²) < 4.78 is 68.6. The SMILES string of the molecule is CC/C=C\C/C=C\C/C=C\C/C=C\C/C=C\CCCCCC(=O)OC[C@H](COP(=O)(O)OC[C@@H](O)COP(=O)(O)OC[C@@H](COC(=O)CCCCCCC/C=C\C/C=C\CCCCC)OC(=O)CCCCCCC/C=C\C/C=C\CCCCC)OC(=O)CC/C=C\C/C=C\C/C=C\C/C=C\C/C=C\CCCCC. The Balaban J connectivity index is 5.52. The highest BCUT2D eigenvalue weighted by Gasteiger charge is 2.30. The summed E-state index contributed by atoms with van der Waals surface area (Å²) in [7, 11) is -10.0. The molecule has 0 saturated carbocycles. The van der Waals surface area contributed by atoms with Gasteiger partial charge < -0.3 is 33.8 Å². The smallest absolute Gasteiger partial charge is 0.462 e. The van der Waals surface area contributed by atoms with E-state index in [2.05, 4.69) is 180 Å². The van der Waals surface area contributed by atoms with Crippen LogP contribution >= 0.6 is 15.6 Å². The molecule has 0 aliphatic heterocycles. The quantitative estimate of drug-likeness (QED) is 0.0169.